The number of allylic oxidation sites excluding steroid dienone is 1. The van der Waals surface area contributed by atoms with Gasteiger partial charge in [-0.3, -0.25) is 9.59 Å². The van der Waals surface area contributed by atoms with Gasteiger partial charge in [-0.05, 0) is 25.7 Å². The van der Waals surface area contributed by atoms with Gasteiger partial charge in [0, 0.05) is 0 Å². The highest BCUT2D eigenvalue weighted by Gasteiger charge is 2.51. The van der Waals surface area contributed by atoms with Crippen molar-refractivity contribution in [3.05, 3.63) is 11.6 Å². The fourth-order valence-electron chi connectivity index (χ4n) is 2.31. The lowest BCUT2D eigenvalue weighted by atomic mass is 9.84. The summed E-state index contributed by atoms with van der Waals surface area (Å²) in [4.78, 5) is 23.6. The van der Waals surface area contributed by atoms with Crippen LogP contribution < -0.4 is 0 Å². The Kier molecular flexibility index (Phi) is 3.73. The van der Waals surface area contributed by atoms with Gasteiger partial charge in [-0.1, -0.05) is 18.6 Å². The zero-order chi connectivity index (χ0) is 12.3. The lowest BCUT2D eigenvalue weighted by Crippen LogP contribution is -2.38. The topological polar surface area (TPSA) is 52.6 Å². The molecule has 90 valence electrons. The molecule has 0 aromatic heterocycles. The molecule has 0 aromatic carbocycles. The third kappa shape index (κ3) is 1.84. The Morgan fingerprint density at radius 1 is 1.38 bits per heavy atom. The standard InChI is InChI=1S/C12H18O4/c1-5-9-7-12(6-8(9)2,10(13)15-3)11(14)16-4/h6,9H,5,7H2,1-4H3. The molecule has 0 saturated carbocycles. The molecule has 1 aliphatic carbocycles. The largest absolute Gasteiger partial charge is 0.468 e. The molecule has 0 amide bonds. The number of esters is 2. The molecule has 16 heavy (non-hydrogen) atoms. The molecule has 0 radical (unpaired) electrons. The Morgan fingerprint density at radius 2 is 1.88 bits per heavy atom. The van der Waals surface area contributed by atoms with Gasteiger partial charge >= 0.3 is 11.9 Å². The van der Waals surface area contributed by atoms with E-state index in [2.05, 4.69) is 0 Å². The summed E-state index contributed by atoms with van der Waals surface area (Å²) in [6.07, 6.45) is 3.05. The van der Waals surface area contributed by atoms with Gasteiger partial charge in [0.25, 0.3) is 0 Å². The average molecular weight is 226 g/mol. The first-order chi connectivity index (χ1) is 7.51. The number of carbonyl (C=O) groups is 2. The molecule has 0 bridgehead atoms. The second-order valence-corrected chi connectivity index (χ2v) is 4.15. The number of carbonyl (C=O) groups excluding carboxylic acids is 2. The highest BCUT2D eigenvalue weighted by molar-refractivity contribution is 6.03. The van der Waals surface area contributed by atoms with Crippen LogP contribution in [0.5, 0.6) is 0 Å². The van der Waals surface area contributed by atoms with Crippen molar-refractivity contribution in [2.24, 2.45) is 11.3 Å². The molecular formula is C12H18O4. The molecule has 1 atom stereocenters. The highest BCUT2D eigenvalue weighted by atomic mass is 16.5. The molecule has 0 fully saturated rings. The van der Waals surface area contributed by atoms with Crippen LogP contribution in [-0.4, -0.2) is 26.2 Å². The molecule has 0 spiro atoms. The lowest BCUT2D eigenvalue weighted by molar-refractivity contribution is -0.165. The highest BCUT2D eigenvalue weighted by Crippen LogP contribution is 2.43. The van der Waals surface area contributed by atoms with Crippen LogP contribution in [0, 0.1) is 11.3 Å². The van der Waals surface area contributed by atoms with Crippen LogP contribution >= 0.6 is 0 Å². The quantitative estimate of drug-likeness (QED) is 0.417. The predicted molar refractivity (Wildman–Crippen MR) is 58.6 cm³/mol. The summed E-state index contributed by atoms with van der Waals surface area (Å²) < 4.78 is 9.43. The van der Waals surface area contributed by atoms with Crippen LogP contribution in [0.15, 0.2) is 11.6 Å². The fraction of sp³-hybridized carbons (Fsp3) is 0.667. The summed E-state index contributed by atoms with van der Waals surface area (Å²) in [5.74, 6) is -0.817. The van der Waals surface area contributed by atoms with Crippen LogP contribution in [-0.2, 0) is 19.1 Å². The van der Waals surface area contributed by atoms with E-state index in [1.807, 2.05) is 13.8 Å². The van der Waals surface area contributed by atoms with Gasteiger partial charge in [0.2, 0.25) is 0 Å². The Labute approximate surface area is 95.6 Å². The van der Waals surface area contributed by atoms with Crippen molar-refractivity contribution in [1.29, 1.82) is 0 Å². The molecule has 1 unspecified atom stereocenters. The average Bonchev–Trinajstić information content (AvgIpc) is 2.65. The summed E-state index contributed by atoms with van der Waals surface area (Å²) in [6, 6.07) is 0. The Hall–Kier alpha value is -1.32. The zero-order valence-electron chi connectivity index (χ0n) is 10.2. The summed E-state index contributed by atoms with van der Waals surface area (Å²) >= 11 is 0. The van der Waals surface area contributed by atoms with E-state index in [9.17, 15) is 9.59 Å². The summed E-state index contributed by atoms with van der Waals surface area (Å²) in [7, 11) is 2.57. The summed E-state index contributed by atoms with van der Waals surface area (Å²) in [6.45, 7) is 3.97. The molecule has 0 aromatic rings. The Morgan fingerprint density at radius 3 is 2.19 bits per heavy atom. The van der Waals surface area contributed by atoms with E-state index >= 15 is 0 Å². The molecule has 0 saturated heterocycles. The first-order valence-electron chi connectivity index (χ1n) is 5.38. The number of rotatable bonds is 3. The number of hydrogen-bond donors (Lipinski definition) is 0. The molecule has 1 aliphatic rings. The summed E-state index contributed by atoms with van der Waals surface area (Å²) in [5, 5.41) is 0. The van der Waals surface area contributed by atoms with E-state index in [0.29, 0.717) is 6.42 Å². The maximum Gasteiger partial charge on any atom is 0.327 e. The monoisotopic (exact) mass is 226 g/mol. The van der Waals surface area contributed by atoms with Crippen molar-refractivity contribution in [3.8, 4) is 0 Å². The van der Waals surface area contributed by atoms with Crippen molar-refractivity contribution >= 4 is 11.9 Å². The number of methoxy groups -OCH3 is 2. The van der Waals surface area contributed by atoms with Gasteiger partial charge in [-0.15, -0.1) is 0 Å². The van der Waals surface area contributed by atoms with Gasteiger partial charge in [0.05, 0.1) is 14.2 Å². The Bertz CT molecular complexity index is 314. The molecule has 0 heterocycles. The normalized spacial score (nSPS) is 22.5. The van der Waals surface area contributed by atoms with E-state index in [-0.39, 0.29) is 5.92 Å². The van der Waals surface area contributed by atoms with Crippen molar-refractivity contribution < 1.29 is 19.1 Å². The van der Waals surface area contributed by atoms with Gasteiger partial charge in [-0.2, -0.15) is 0 Å². The van der Waals surface area contributed by atoms with Crippen molar-refractivity contribution in [1.82, 2.24) is 0 Å². The zero-order valence-corrected chi connectivity index (χ0v) is 10.2. The minimum absolute atomic E-state index is 0.248. The van der Waals surface area contributed by atoms with E-state index < -0.39 is 17.4 Å². The molecule has 4 heteroatoms. The van der Waals surface area contributed by atoms with Crippen LogP contribution in [0.2, 0.25) is 0 Å². The second-order valence-electron chi connectivity index (χ2n) is 4.15. The smallest absolute Gasteiger partial charge is 0.327 e. The van der Waals surface area contributed by atoms with E-state index in [0.717, 1.165) is 12.0 Å². The van der Waals surface area contributed by atoms with E-state index in [4.69, 9.17) is 9.47 Å². The minimum Gasteiger partial charge on any atom is -0.468 e. The molecular weight excluding hydrogens is 208 g/mol. The maximum atomic E-state index is 11.8. The first kappa shape index (κ1) is 12.7. The molecule has 4 nitrogen and oxygen atoms in total. The van der Waals surface area contributed by atoms with Crippen LogP contribution in [0.4, 0.5) is 0 Å². The number of ether oxygens (including phenoxy) is 2. The third-order valence-electron chi connectivity index (χ3n) is 3.28. The Balaban J connectivity index is 3.10. The lowest BCUT2D eigenvalue weighted by Gasteiger charge is -2.22. The maximum absolute atomic E-state index is 11.8. The van der Waals surface area contributed by atoms with E-state index in [1.54, 1.807) is 6.08 Å². The van der Waals surface area contributed by atoms with Crippen LogP contribution in [0.3, 0.4) is 0 Å². The predicted octanol–water partition coefficient (Wildman–Crippen LogP) is 1.70. The number of hydrogen-bond acceptors (Lipinski definition) is 4. The first-order valence-corrected chi connectivity index (χ1v) is 5.38. The van der Waals surface area contributed by atoms with Crippen molar-refractivity contribution in [2.45, 2.75) is 26.7 Å². The molecule has 1 rings (SSSR count). The third-order valence-corrected chi connectivity index (χ3v) is 3.28. The minimum atomic E-state index is -1.23. The summed E-state index contributed by atoms with van der Waals surface area (Å²) in [5.41, 5.74) is -0.174. The van der Waals surface area contributed by atoms with Crippen LogP contribution in [0.25, 0.3) is 0 Å². The van der Waals surface area contributed by atoms with E-state index in [1.165, 1.54) is 14.2 Å². The van der Waals surface area contributed by atoms with Gasteiger partial charge in [0.15, 0.2) is 5.41 Å². The SMILES string of the molecule is CCC1CC(C(=O)OC)(C(=O)OC)C=C1C. The van der Waals surface area contributed by atoms with Gasteiger partial charge in [-0.25, -0.2) is 0 Å². The van der Waals surface area contributed by atoms with Gasteiger partial charge < -0.3 is 9.47 Å². The van der Waals surface area contributed by atoms with Gasteiger partial charge in [0.1, 0.15) is 0 Å². The molecule has 0 N–H and O–H groups in total. The fourth-order valence-corrected chi connectivity index (χ4v) is 2.31. The van der Waals surface area contributed by atoms with Crippen molar-refractivity contribution in [2.75, 3.05) is 14.2 Å². The van der Waals surface area contributed by atoms with Crippen LogP contribution in [0.1, 0.15) is 26.7 Å². The van der Waals surface area contributed by atoms with Crippen molar-refractivity contribution in [3.63, 3.8) is 0 Å². The second kappa shape index (κ2) is 4.68. The molecule has 0 aliphatic heterocycles.